The molecular weight excluding hydrogens is 332 g/mol. The summed E-state index contributed by atoms with van der Waals surface area (Å²) in [5.74, 6) is 0.583. The Bertz CT molecular complexity index is 641. The summed E-state index contributed by atoms with van der Waals surface area (Å²) in [4.78, 5) is 14.2. The molecule has 0 aliphatic rings. The van der Waals surface area contributed by atoms with E-state index in [-0.39, 0.29) is 5.91 Å². The van der Waals surface area contributed by atoms with E-state index in [1.807, 2.05) is 30.3 Å². The van der Waals surface area contributed by atoms with Gasteiger partial charge in [-0.1, -0.05) is 12.1 Å². The quantitative estimate of drug-likeness (QED) is 0.862. The summed E-state index contributed by atoms with van der Waals surface area (Å²) >= 11 is 3.40. The smallest absolute Gasteiger partial charge is 0.255 e. The van der Waals surface area contributed by atoms with E-state index in [4.69, 9.17) is 10.5 Å². The summed E-state index contributed by atoms with van der Waals surface area (Å²) in [6, 6.07) is 12.8. The molecule has 0 aliphatic carbocycles. The number of benzene rings is 2. The molecule has 0 atom stereocenters. The molecule has 2 aromatic carbocycles. The van der Waals surface area contributed by atoms with Crippen LogP contribution in [-0.2, 0) is 6.54 Å². The molecule has 5 heteroatoms. The number of nitrogens with two attached hydrogens (primary N) is 1. The van der Waals surface area contributed by atoms with Crippen molar-refractivity contribution in [1.29, 1.82) is 0 Å². The molecule has 0 aromatic heterocycles. The highest BCUT2D eigenvalue weighted by Crippen LogP contribution is 2.24. The van der Waals surface area contributed by atoms with Crippen molar-refractivity contribution in [3.63, 3.8) is 0 Å². The van der Waals surface area contributed by atoms with Crippen molar-refractivity contribution in [3.8, 4) is 5.75 Å². The number of halogens is 1. The first-order valence-corrected chi connectivity index (χ1v) is 7.24. The summed E-state index contributed by atoms with van der Waals surface area (Å²) < 4.78 is 5.91. The second-order valence-electron chi connectivity index (χ2n) is 4.75. The van der Waals surface area contributed by atoms with Crippen molar-refractivity contribution in [3.05, 3.63) is 58.1 Å². The number of nitrogens with zero attached hydrogens (tertiary/aromatic N) is 1. The van der Waals surface area contributed by atoms with Gasteiger partial charge in [-0.2, -0.15) is 0 Å². The number of anilines is 1. The lowest BCUT2D eigenvalue weighted by atomic mass is 10.1. The molecule has 110 valence electrons. The highest BCUT2D eigenvalue weighted by atomic mass is 79.9. The topological polar surface area (TPSA) is 55.6 Å². The summed E-state index contributed by atoms with van der Waals surface area (Å²) in [6.07, 6.45) is 0. The molecule has 21 heavy (non-hydrogen) atoms. The number of ether oxygens (including phenoxy) is 1. The normalized spacial score (nSPS) is 10.2. The van der Waals surface area contributed by atoms with Crippen LogP contribution in [0.3, 0.4) is 0 Å². The number of rotatable bonds is 4. The minimum Gasteiger partial charge on any atom is -0.497 e. The van der Waals surface area contributed by atoms with Gasteiger partial charge in [-0.15, -0.1) is 0 Å². The zero-order valence-corrected chi connectivity index (χ0v) is 13.6. The van der Waals surface area contributed by atoms with Gasteiger partial charge >= 0.3 is 0 Å². The fourth-order valence-corrected chi connectivity index (χ4v) is 2.39. The van der Waals surface area contributed by atoms with Crippen LogP contribution in [0.25, 0.3) is 0 Å². The maximum absolute atomic E-state index is 12.5. The number of carbonyl (C=O) groups is 1. The predicted octanol–water partition coefficient (Wildman–Crippen LogP) is 3.31. The summed E-state index contributed by atoms with van der Waals surface area (Å²) in [7, 11) is 3.35. The van der Waals surface area contributed by atoms with Gasteiger partial charge in [-0.3, -0.25) is 4.79 Å². The zero-order valence-electron chi connectivity index (χ0n) is 12.0. The van der Waals surface area contributed by atoms with Crippen molar-refractivity contribution in [1.82, 2.24) is 4.90 Å². The number of nitrogen functional groups attached to an aromatic ring is 1. The van der Waals surface area contributed by atoms with E-state index in [0.717, 1.165) is 10.0 Å². The molecule has 2 N–H and O–H groups in total. The third kappa shape index (κ3) is 3.76. The van der Waals surface area contributed by atoms with Gasteiger partial charge in [0.2, 0.25) is 0 Å². The van der Waals surface area contributed by atoms with Gasteiger partial charge in [0.1, 0.15) is 5.75 Å². The molecule has 0 saturated heterocycles. The Kier molecular flexibility index (Phi) is 4.85. The third-order valence-electron chi connectivity index (χ3n) is 3.15. The van der Waals surface area contributed by atoms with E-state index in [1.165, 1.54) is 0 Å². The first-order valence-electron chi connectivity index (χ1n) is 6.44. The van der Waals surface area contributed by atoms with Crippen LogP contribution in [0, 0.1) is 0 Å². The molecule has 0 saturated carbocycles. The Morgan fingerprint density at radius 2 is 1.90 bits per heavy atom. The van der Waals surface area contributed by atoms with Crippen LogP contribution in [-0.4, -0.2) is 25.0 Å². The first-order chi connectivity index (χ1) is 10.0. The monoisotopic (exact) mass is 348 g/mol. The molecule has 0 spiro atoms. The molecule has 2 aromatic rings. The lowest BCUT2D eigenvalue weighted by molar-refractivity contribution is 0.0784. The number of hydrogen-bond donors (Lipinski definition) is 1. The summed E-state index contributed by atoms with van der Waals surface area (Å²) in [6.45, 7) is 0.517. The van der Waals surface area contributed by atoms with Gasteiger partial charge in [-0.25, -0.2) is 0 Å². The summed E-state index contributed by atoms with van der Waals surface area (Å²) in [5, 5.41) is 0. The van der Waals surface area contributed by atoms with Crippen molar-refractivity contribution in [2.45, 2.75) is 6.54 Å². The Balaban J connectivity index is 2.17. The van der Waals surface area contributed by atoms with Crippen molar-refractivity contribution in [2.75, 3.05) is 19.9 Å². The van der Waals surface area contributed by atoms with E-state index in [1.54, 1.807) is 31.2 Å². The largest absolute Gasteiger partial charge is 0.497 e. The first kappa shape index (κ1) is 15.4. The predicted molar refractivity (Wildman–Crippen MR) is 87.3 cm³/mol. The van der Waals surface area contributed by atoms with Crippen molar-refractivity contribution >= 4 is 27.5 Å². The Morgan fingerprint density at radius 1 is 1.24 bits per heavy atom. The van der Waals surface area contributed by atoms with Crippen LogP contribution in [0.4, 0.5) is 5.69 Å². The third-order valence-corrected chi connectivity index (χ3v) is 3.84. The van der Waals surface area contributed by atoms with Crippen LogP contribution in [0.2, 0.25) is 0 Å². The maximum atomic E-state index is 12.5. The van der Waals surface area contributed by atoms with Gasteiger partial charge in [0, 0.05) is 23.8 Å². The maximum Gasteiger partial charge on any atom is 0.255 e. The highest BCUT2D eigenvalue weighted by Gasteiger charge is 2.16. The number of carbonyl (C=O) groups excluding carboxylic acids is 1. The number of amides is 1. The van der Waals surface area contributed by atoms with Gasteiger partial charge in [0.05, 0.1) is 12.7 Å². The van der Waals surface area contributed by atoms with E-state index in [9.17, 15) is 4.79 Å². The summed E-state index contributed by atoms with van der Waals surface area (Å²) in [5.41, 5.74) is 7.97. The SMILES string of the molecule is COc1ccc(Br)c(C(=O)N(C)Cc2ccc(N)cc2)c1. The average molecular weight is 349 g/mol. The van der Waals surface area contributed by atoms with E-state index in [0.29, 0.717) is 23.5 Å². The molecule has 0 fully saturated rings. The minimum atomic E-state index is -0.0717. The molecule has 4 nitrogen and oxygen atoms in total. The van der Waals surface area contributed by atoms with E-state index < -0.39 is 0 Å². The molecular formula is C16H17BrN2O2. The number of hydrogen-bond acceptors (Lipinski definition) is 3. The minimum absolute atomic E-state index is 0.0717. The lowest BCUT2D eigenvalue weighted by Gasteiger charge is -2.18. The Labute approximate surface area is 132 Å². The van der Waals surface area contributed by atoms with Gasteiger partial charge in [0.15, 0.2) is 0 Å². The lowest BCUT2D eigenvalue weighted by Crippen LogP contribution is -2.26. The molecule has 0 radical (unpaired) electrons. The second kappa shape index (κ2) is 6.63. The Morgan fingerprint density at radius 3 is 2.52 bits per heavy atom. The Hall–Kier alpha value is -2.01. The van der Waals surface area contributed by atoms with Crippen LogP contribution >= 0.6 is 15.9 Å². The molecule has 0 aliphatic heterocycles. The fourth-order valence-electron chi connectivity index (χ4n) is 1.97. The molecule has 0 bridgehead atoms. The van der Waals surface area contributed by atoms with Gasteiger partial charge in [-0.05, 0) is 51.8 Å². The number of methoxy groups -OCH3 is 1. The van der Waals surface area contributed by atoms with Crippen LogP contribution < -0.4 is 10.5 Å². The standard InChI is InChI=1S/C16H17BrN2O2/c1-19(10-11-3-5-12(18)6-4-11)16(20)14-9-13(21-2)7-8-15(14)17/h3-9H,10,18H2,1-2H3. The zero-order chi connectivity index (χ0) is 15.4. The van der Waals surface area contributed by atoms with Crippen molar-refractivity contribution in [2.24, 2.45) is 0 Å². The van der Waals surface area contributed by atoms with Crippen LogP contribution in [0.5, 0.6) is 5.75 Å². The van der Waals surface area contributed by atoms with Gasteiger partial charge < -0.3 is 15.4 Å². The van der Waals surface area contributed by atoms with Crippen LogP contribution in [0.1, 0.15) is 15.9 Å². The van der Waals surface area contributed by atoms with E-state index >= 15 is 0 Å². The van der Waals surface area contributed by atoms with Gasteiger partial charge in [0.25, 0.3) is 5.91 Å². The van der Waals surface area contributed by atoms with Crippen molar-refractivity contribution < 1.29 is 9.53 Å². The fraction of sp³-hybridized carbons (Fsp3) is 0.188. The highest BCUT2D eigenvalue weighted by molar-refractivity contribution is 9.10. The van der Waals surface area contributed by atoms with E-state index in [2.05, 4.69) is 15.9 Å². The molecule has 0 unspecified atom stereocenters. The average Bonchev–Trinajstić information content (AvgIpc) is 2.49. The molecule has 2 rings (SSSR count). The molecule has 0 heterocycles. The van der Waals surface area contributed by atoms with Crippen LogP contribution in [0.15, 0.2) is 46.9 Å². The molecule has 1 amide bonds. The second-order valence-corrected chi connectivity index (χ2v) is 5.60.